The fourth-order valence-electron chi connectivity index (χ4n) is 2.58. The lowest BCUT2D eigenvalue weighted by atomic mass is 10.2. The molecule has 0 saturated carbocycles. The van der Waals surface area contributed by atoms with Gasteiger partial charge in [0.25, 0.3) is 5.91 Å². The van der Waals surface area contributed by atoms with Crippen molar-refractivity contribution in [2.24, 2.45) is 0 Å². The average Bonchev–Trinajstić information content (AvgIpc) is 2.62. The zero-order valence-corrected chi connectivity index (χ0v) is 13.5. The minimum atomic E-state index is -0.0568. The molecule has 3 heterocycles. The number of halogens is 1. The van der Waals surface area contributed by atoms with Gasteiger partial charge in [0.1, 0.15) is 11.4 Å². The molecular weight excluding hydrogens is 316 g/mol. The number of carbonyl (C=O) groups is 1. The molecule has 1 aliphatic rings. The van der Waals surface area contributed by atoms with Gasteiger partial charge in [0.15, 0.2) is 0 Å². The number of nitrogens with zero attached hydrogens (tertiary/aromatic N) is 4. The molecule has 7 heteroatoms. The second kappa shape index (κ2) is 6.83. The lowest BCUT2D eigenvalue weighted by Crippen LogP contribution is -2.49. The zero-order valence-electron chi connectivity index (χ0n) is 12.8. The van der Waals surface area contributed by atoms with E-state index in [1.807, 2.05) is 17.0 Å². The summed E-state index contributed by atoms with van der Waals surface area (Å²) in [6.45, 7) is 2.70. The van der Waals surface area contributed by atoms with E-state index in [4.69, 9.17) is 16.3 Å². The van der Waals surface area contributed by atoms with Crippen LogP contribution < -0.4 is 9.64 Å². The van der Waals surface area contributed by atoms with E-state index in [0.717, 1.165) is 18.9 Å². The van der Waals surface area contributed by atoms with Crippen molar-refractivity contribution in [3.05, 3.63) is 47.2 Å². The van der Waals surface area contributed by atoms with Crippen molar-refractivity contribution in [3.8, 4) is 5.88 Å². The quantitative estimate of drug-likeness (QED) is 0.861. The van der Waals surface area contributed by atoms with Gasteiger partial charge >= 0.3 is 0 Å². The highest BCUT2D eigenvalue weighted by Gasteiger charge is 2.25. The number of anilines is 1. The maximum Gasteiger partial charge on any atom is 0.259 e. The number of ether oxygens (including phenoxy) is 1. The van der Waals surface area contributed by atoms with Crippen molar-refractivity contribution in [3.63, 3.8) is 0 Å². The lowest BCUT2D eigenvalue weighted by molar-refractivity contribution is 0.0742. The molecule has 2 aromatic heterocycles. The van der Waals surface area contributed by atoms with E-state index >= 15 is 0 Å². The van der Waals surface area contributed by atoms with E-state index in [-0.39, 0.29) is 5.91 Å². The van der Waals surface area contributed by atoms with E-state index < -0.39 is 0 Å². The van der Waals surface area contributed by atoms with E-state index in [1.165, 1.54) is 7.11 Å². The van der Waals surface area contributed by atoms with Gasteiger partial charge in [0, 0.05) is 38.6 Å². The van der Waals surface area contributed by atoms with Crippen LogP contribution in [0.15, 0.2) is 36.7 Å². The van der Waals surface area contributed by atoms with Crippen LogP contribution in [0, 0.1) is 0 Å². The van der Waals surface area contributed by atoms with Gasteiger partial charge in [-0.2, -0.15) is 0 Å². The topological polar surface area (TPSA) is 58.6 Å². The average molecular weight is 333 g/mol. The summed E-state index contributed by atoms with van der Waals surface area (Å²) in [5, 5.41) is 0.617. The highest BCUT2D eigenvalue weighted by molar-refractivity contribution is 6.30. The monoisotopic (exact) mass is 332 g/mol. The van der Waals surface area contributed by atoms with Crippen molar-refractivity contribution in [1.29, 1.82) is 0 Å². The Morgan fingerprint density at radius 3 is 2.61 bits per heavy atom. The summed E-state index contributed by atoms with van der Waals surface area (Å²) in [5.41, 5.74) is 0.494. The van der Waals surface area contributed by atoms with Crippen LogP contribution in [0.1, 0.15) is 10.4 Å². The van der Waals surface area contributed by atoms with Gasteiger partial charge in [-0.25, -0.2) is 9.97 Å². The second-order valence-corrected chi connectivity index (χ2v) is 5.61. The fourth-order valence-corrected chi connectivity index (χ4v) is 2.69. The number of hydrogen-bond donors (Lipinski definition) is 0. The Hall–Kier alpha value is -2.34. The summed E-state index contributed by atoms with van der Waals surface area (Å²) in [7, 11) is 1.52. The molecule has 0 radical (unpaired) electrons. The summed E-state index contributed by atoms with van der Waals surface area (Å²) >= 11 is 5.86. The largest absolute Gasteiger partial charge is 0.480 e. The van der Waals surface area contributed by atoms with Crippen LogP contribution in [-0.2, 0) is 0 Å². The van der Waals surface area contributed by atoms with E-state index in [2.05, 4.69) is 14.9 Å². The van der Waals surface area contributed by atoms with Gasteiger partial charge in [-0.1, -0.05) is 11.6 Å². The number of methoxy groups -OCH3 is 1. The molecule has 23 heavy (non-hydrogen) atoms. The molecule has 3 rings (SSSR count). The number of hydrogen-bond acceptors (Lipinski definition) is 5. The van der Waals surface area contributed by atoms with Crippen LogP contribution in [0.4, 0.5) is 5.82 Å². The molecule has 0 aliphatic carbocycles. The van der Waals surface area contributed by atoms with Gasteiger partial charge < -0.3 is 14.5 Å². The number of aromatic nitrogens is 2. The summed E-state index contributed by atoms with van der Waals surface area (Å²) in [5.74, 6) is 1.18. The SMILES string of the molecule is COc1ncccc1C(=O)N1CCN(c2ccc(Cl)cn2)CC1. The third kappa shape index (κ3) is 3.37. The van der Waals surface area contributed by atoms with Crippen LogP contribution >= 0.6 is 11.6 Å². The van der Waals surface area contributed by atoms with Crippen molar-refractivity contribution in [2.75, 3.05) is 38.2 Å². The maximum atomic E-state index is 12.6. The van der Waals surface area contributed by atoms with Crippen LogP contribution in [0.2, 0.25) is 5.02 Å². The Morgan fingerprint density at radius 1 is 1.17 bits per heavy atom. The summed E-state index contributed by atoms with van der Waals surface area (Å²) in [4.78, 5) is 25.0. The van der Waals surface area contributed by atoms with E-state index in [9.17, 15) is 4.79 Å². The number of carbonyl (C=O) groups excluding carboxylic acids is 1. The molecular formula is C16H17ClN4O2. The Balaban J connectivity index is 1.66. The normalized spacial score (nSPS) is 14.7. The van der Waals surface area contributed by atoms with Crippen molar-refractivity contribution < 1.29 is 9.53 Å². The minimum absolute atomic E-state index is 0.0568. The highest BCUT2D eigenvalue weighted by Crippen LogP contribution is 2.20. The molecule has 1 amide bonds. The molecule has 1 aliphatic heterocycles. The van der Waals surface area contributed by atoms with Gasteiger partial charge in [-0.05, 0) is 24.3 Å². The third-order valence-electron chi connectivity index (χ3n) is 3.80. The lowest BCUT2D eigenvalue weighted by Gasteiger charge is -2.35. The first kappa shape index (κ1) is 15.6. The molecule has 0 spiro atoms. The van der Waals surface area contributed by atoms with Crippen LogP contribution in [0.3, 0.4) is 0 Å². The summed E-state index contributed by atoms with van der Waals surface area (Å²) in [6.07, 6.45) is 3.24. The summed E-state index contributed by atoms with van der Waals surface area (Å²) in [6, 6.07) is 7.19. The van der Waals surface area contributed by atoms with Crippen LogP contribution in [0.5, 0.6) is 5.88 Å². The second-order valence-electron chi connectivity index (χ2n) is 5.17. The molecule has 0 N–H and O–H groups in total. The highest BCUT2D eigenvalue weighted by atomic mass is 35.5. The first-order valence-electron chi connectivity index (χ1n) is 7.34. The molecule has 120 valence electrons. The fraction of sp³-hybridized carbons (Fsp3) is 0.312. The van der Waals surface area contributed by atoms with Gasteiger partial charge in [0.05, 0.1) is 12.1 Å². The minimum Gasteiger partial charge on any atom is -0.480 e. The number of rotatable bonds is 3. The zero-order chi connectivity index (χ0) is 16.2. The van der Waals surface area contributed by atoms with Gasteiger partial charge in [0.2, 0.25) is 5.88 Å². The molecule has 0 bridgehead atoms. The van der Waals surface area contributed by atoms with Crippen LogP contribution in [0.25, 0.3) is 0 Å². The smallest absolute Gasteiger partial charge is 0.259 e. The number of piperazine rings is 1. The van der Waals surface area contributed by atoms with E-state index in [0.29, 0.717) is 29.6 Å². The molecule has 1 saturated heterocycles. The Morgan fingerprint density at radius 2 is 1.96 bits per heavy atom. The Labute approximate surface area is 139 Å². The number of pyridine rings is 2. The maximum absolute atomic E-state index is 12.6. The molecule has 2 aromatic rings. The predicted octanol–water partition coefficient (Wildman–Crippen LogP) is 2.10. The van der Waals surface area contributed by atoms with Gasteiger partial charge in [-0.15, -0.1) is 0 Å². The third-order valence-corrected chi connectivity index (χ3v) is 4.02. The first-order valence-corrected chi connectivity index (χ1v) is 7.71. The van der Waals surface area contributed by atoms with Crippen molar-refractivity contribution in [2.45, 2.75) is 0 Å². The van der Waals surface area contributed by atoms with E-state index in [1.54, 1.807) is 24.5 Å². The standard InChI is InChI=1S/C16H17ClN4O2/c1-23-15-13(3-2-6-18-15)16(22)21-9-7-20(8-10-21)14-5-4-12(17)11-19-14/h2-6,11H,7-10H2,1H3. The van der Waals surface area contributed by atoms with Crippen LogP contribution in [-0.4, -0.2) is 54.1 Å². The predicted molar refractivity (Wildman–Crippen MR) is 88.2 cm³/mol. The van der Waals surface area contributed by atoms with Gasteiger partial charge in [-0.3, -0.25) is 4.79 Å². The molecule has 1 fully saturated rings. The first-order chi connectivity index (χ1) is 11.2. The molecule has 0 atom stereocenters. The molecule has 0 unspecified atom stereocenters. The Bertz CT molecular complexity index is 685. The Kier molecular flexibility index (Phi) is 4.62. The molecule has 0 aromatic carbocycles. The van der Waals surface area contributed by atoms with Crippen molar-refractivity contribution in [1.82, 2.24) is 14.9 Å². The molecule has 6 nitrogen and oxygen atoms in total. The summed E-state index contributed by atoms with van der Waals surface area (Å²) < 4.78 is 5.17. The number of amides is 1. The van der Waals surface area contributed by atoms with Crippen molar-refractivity contribution >= 4 is 23.3 Å².